The number of aromatic nitrogens is 3. The van der Waals surface area contributed by atoms with Gasteiger partial charge in [0.25, 0.3) is 0 Å². The van der Waals surface area contributed by atoms with E-state index in [0.717, 1.165) is 38.2 Å². The Morgan fingerprint density at radius 3 is 3.00 bits per heavy atom. The van der Waals surface area contributed by atoms with Gasteiger partial charge in [-0.25, -0.2) is 4.98 Å². The molecular formula is C19H27N5O2. The van der Waals surface area contributed by atoms with Gasteiger partial charge < -0.3 is 14.3 Å². The maximum Gasteiger partial charge on any atom is 0.227 e. The molecular weight excluding hydrogens is 330 g/mol. The van der Waals surface area contributed by atoms with Gasteiger partial charge in [-0.2, -0.15) is 4.98 Å². The third-order valence-electron chi connectivity index (χ3n) is 4.85. The molecule has 7 heteroatoms. The molecule has 0 N–H and O–H groups in total. The number of hydrogen-bond donors (Lipinski definition) is 0. The Labute approximate surface area is 154 Å². The number of anilines is 1. The van der Waals surface area contributed by atoms with E-state index in [1.807, 2.05) is 37.0 Å². The highest BCUT2D eigenvalue weighted by atomic mass is 16.5. The second kappa shape index (κ2) is 8.29. The van der Waals surface area contributed by atoms with Crippen molar-refractivity contribution in [2.45, 2.75) is 44.9 Å². The zero-order valence-electron chi connectivity index (χ0n) is 15.8. The van der Waals surface area contributed by atoms with Crippen LogP contribution in [-0.4, -0.2) is 53.1 Å². The summed E-state index contributed by atoms with van der Waals surface area (Å²) in [7, 11) is 3.98. The van der Waals surface area contributed by atoms with Gasteiger partial charge in [0.1, 0.15) is 5.82 Å². The van der Waals surface area contributed by atoms with Gasteiger partial charge in [0, 0.05) is 58.6 Å². The molecule has 1 aliphatic rings. The molecule has 0 aliphatic carbocycles. The van der Waals surface area contributed by atoms with E-state index in [1.165, 1.54) is 5.56 Å². The van der Waals surface area contributed by atoms with E-state index in [4.69, 9.17) is 4.52 Å². The average molecular weight is 357 g/mol. The SMILES string of the molecule is CCc1noc(CCC(=O)N2CCCC(c3ccnc(N(C)C)c3)C2)n1. The van der Waals surface area contributed by atoms with E-state index in [0.29, 0.717) is 30.5 Å². The lowest BCUT2D eigenvalue weighted by atomic mass is 9.91. The van der Waals surface area contributed by atoms with Gasteiger partial charge >= 0.3 is 0 Å². The predicted molar refractivity (Wildman–Crippen MR) is 99.1 cm³/mol. The van der Waals surface area contributed by atoms with Crippen molar-refractivity contribution in [1.82, 2.24) is 20.0 Å². The summed E-state index contributed by atoms with van der Waals surface area (Å²) < 4.78 is 5.18. The van der Waals surface area contributed by atoms with E-state index in [2.05, 4.69) is 27.3 Å². The van der Waals surface area contributed by atoms with Crippen LogP contribution in [0.15, 0.2) is 22.9 Å². The number of carbonyl (C=O) groups is 1. The first kappa shape index (κ1) is 18.4. The summed E-state index contributed by atoms with van der Waals surface area (Å²) >= 11 is 0. The smallest absolute Gasteiger partial charge is 0.227 e. The monoisotopic (exact) mass is 357 g/mol. The van der Waals surface area contributed by atoms with Crippen LogP contribution in [0.3, 0.4) is 0 Å². The van der Waals surface area contributed by atoms with Crippen LogP contribution in [0, 0.1) is 0 Å². The summed E-state index contributed by atoms with van der Waals surface area (Å²) in [6.45, 7) is 3.57. The lowest BCUT2D eigenvalue weighted by Gasteiger charge is -2.33. The first-order valence-corrected chi connectivity index (χ1v) is 9.29. The van der Waals surface area contributed by atoms with Crippen molar-refractivity contribution in [3.8, 4) is 0 Å². The number of rotatable bonds is 6. The summed E-state index contributed by atoms with van der Waals surface area (Å²) in [6, 6.07) is 4.19. The molecule has 1 amide bonds. The van der Waals surface area contributed by atoms with Gasteiger partial charge in [0.2, 0.25) is 11.8 Å². The molecule has 0 bridgehead atoms. The van der Waals surface area contributed by atoms with E-state index in [-0.39, 0.29) is 5.91 Å². The molecule has 26 heavy (non-hydrogen) atoms. The Morgan fingerprint density at radius 1 is 1.42 bits per heavy atom. The van der Waals surface area contributed by atoms with E-state index >= 15 is 0 Å². The number of nitrogens with zero attached hydrogens (tertiary/aromatic N) is 5. The Kier molecular flexibility index (Phi) is 5.85. The van der Waals surface area contributed by atoms with Gasteiger partial charge in [-0.05, 0) is 30.5 Å². The number of amides is 1. The molecule has 0 spiro atoms. The Hall–Kier alpha value is -2.44. The molecule has 140 valence electrons. The van der Waals surface area contributed by atoms with Crippen molar-refractivity contribution < 1.29 is 9.32 Å². The Morgan fingerprint density at radius 2 is 2.27 bits per heavy atom. The fourth-order valence-electron chi connectivity index (χ4n) is 3.32. The summed E-state index contributed by atoms with van der Waals surface area (Å²) in [6.07, 6.45) is 5.64. The van der Waals surface area contributed by atoms with Crippen molar-refractivity contribution in [2.75, 3.05) is 32.1 Å². The minimum absolute atomic E-state index is 0.160. The van der Waals surface area contributed by atoms with E-state index in [9.17, 15) is 4.79 Å². The molecule has 2 aromatic heterocycles. The van der Waals surface area contributed by atoms with Crippen LogP contribution in [-0.2, 0) is 17.6 Å². The predicted octanol–water partition coefficient (Wildman–Crippen LogP) is 2.43. The fraction of sp³-hybridized carbons (Fsp3) is 0.579. The molecule has 1 saturated heterocycles. The van der Waals surface area contributed by atoms with Gasteiger partial charge in [0.15, 0.2) is 5.82 Å². The van der Waals surface area contributed by atoms with Crippen molar-refractivity contribution >= 4 is 11.7 Å². The fourth-order valence-corrected chi connectivity index (χ4v) is 3.32. The zero-order valence-corrected chi connectivity index (χ0v) is 15.8. The molecule has 3 heterocycles. The Bertz CT molecular complexity index is 743. The minimum Gasteiger partial charge on any atom is -0.363 e. The molecule has 0 saturated carbocycles. The molecule has 1 aliphatic heterocycles. The second-order valence-corrected chi connectivity index (χ2v) is 6.98. The van der Waals surface area contributed by atoms with E-state index in [1.54, 1.807) is 0 Å². The molecule has 0 radical (unpaired) electrons. The highest BCUT2D eigenvalue weighted by Crippen LogP contribution is 2.28. The molecule has 1 unspecified atom stereocenters. The number of aryl methyl sites for hydroxylation is 2. The lowest BCUT2D eigenvalue weighted by Crippen LogP contribution is -2.39. The van der Waals surface area contributed by atoms with Crippen LogP contribution < -0.4 is 4.90 Å². The van der Waals surface area contributed by atoms with Crippen molar-refractivity contribution in [3.05, 3.63) is 35.6 Å². The third-order valence-corrected chi connectivity index (χ3v) is 4.85. The maximum absolute atomic E-state index is 12.6. The topological polar surface area (TPSA) is 75.4 Å². The normalized spacial score (nSPS) is 17.3. The van der Waals surface area contributed by atoms with Gasteiger partial charge in [0.05, 0.1) is 0 Å². The third kappa shape index (κ3) is 4.39. The van der Waals surface area contributed by atoms with E-state index < -0.39 is 0 Å². The van der Waals surface area contributed by atoms with Crippen LogP contribution in [0.4, 0.5) is 5.82 Å². The van der Waals surface area contributed by atoms with Crippen LogP contribution in [0.1, 0.15) is 49.4 Å². The van der Waals surface area contributed by atoms with Crippen molar-refractivity contribution in [3.63, 3.8) is 0 Å². The van der Waals surface area contributed by atoms with Gasteiger partial charge in [-0.3, -0.25) is 4.79 Å². The summed E-state index contributed by atoms with van der Waals surface area (Å²) in [5.74, 6) is 2.72. The van der Waals surface area contributed by atoms with Crippen LogP contribution >= 0.6 is 0 Å². The van der Waals surface area contributed by atoms with Crippen molar-refractivity contribution in [2.24, 2.45) is 0 Å². The highest BCUT2D eigenvalue weighted by molar-refractivity contribution is 5.76. The summed E-state index contributed by atoms with van der Waals surface area (Å²) in [5.41, 5.74) is 1.26. The minimum atomic E-state index is 0.160. The number of likely N-dealkylation sites (tertiary alicyclic amines) is 1. The first-order valence-electron chi connectivity index (χ1n) is 9.29. The Balaban J connectivity index is 1.58. The number of hydrogen-bond acceptors (Lipinski definition) is 6. The number of carbonyl (C=O) groups excluding carboxylic acids is 1. The van der Waals surface area contributed by atoms with Gasteiger partial charge in [-0.15, -0.1) is 0 Å². The average Bonchev–Trinajstić information content (AvgIpc) is 3.14. The quantitative estimate of drug-likeness (QED) is 0.790. The standard InChI is InChI=1S/C19H27N5O2/c1-4-16-21-18(26-22-16)7-8-19(25)24-11-5-6-15(13-24)14-9-10-20-17(12-14)23(2)3/h9-10,12,15H,4-8,11,13H2,1-3H3. The first-order chi connectivity index (χ1) is 12.6. The molecule has 7 nitrogen and oxygen atoms in total. The molecule has 0 aromatic carbocycles. The summed E-state index contributed by atoms with van der Waals surface area (Å²) in [4.78, 5) is 25.2. The summed E-state index contributed by atoms with van der Waals surface area (Å²) in [5, 5.41) is 3.88. The number of piperidine rings is 1. The molecule has 1 atom stereocenters. The lowest BCUT2D eigenvalue weighted by molar-refractivity contribution is -0.132. The number of pyridine rings is 1. The highest BCUT2D eigenvalue weighted by Gasteiger charge is 2.25. The van der Waals surface area contributed by atoms with Crippen molar-refractivity contribution in [1.29, 1.82) is 0 Å². The maximum atomic E-state index is 12.6. The van der Waals surface area contributed by atoms with Crippen LogP contribution in [0.5, 0.6) is 0 Å². The molecule has 2 aromatic rings. The second-order valence-electron chi connectivity index (χ2n) is 6.98. The van der Waals surface area contributed by atoms with Crippen LogP contribution in [0.25, 0.3) is 0 Å². The molecule has 1 fully saturated rings. The molecule has 3 rings (SSSR count). The van der Waals surface area contributed by atoms with Gasteiger partial charge in [-0.1, -0.05) is 12.1 Å². The zero-order chi connectivity index (χ0) is 18.5. The van der Waals surface area contributed by atoms with Crippen LogP contribution in [0.2, 0.25) is 0 Å². The largest absolute Gasteiger partial charge is 0.363 e.